The normalized spacial score (nSPS) is 10.9. The average Bonchev–Trinajstić information content (AvgIpc) is 2.61. The first-order chi connectivity index (χ1) is 8.54. The lowest BCUT2D eigenvalue weighted by Crippen LogP contribution is -2.07. The van der Waals surface area contributed by atoms with E-state index in [2.05, 4.69) is 10.4 Å². The SMILES string of the molecule is CNCc1c(C)nn(-c2ccc(F)c(F)c2)c1C. The fourth-order valence-electron chi connectivity index (χ4n) is 1.98. The van der Waals surface area contributed by atoms with Gasteiger partial charge in [-0.05, 0) is 33.0 Å². The van der Waals surface area contributed by atoms with E-state index in [1.54, 1.807) is 4.68 Å². The quantitative estimate of drug-likeness (QED) is 0.908. The van der Waals surface area contributed by atoms with E-state index >= 15 is 0 Å². The number of rotatable bonds is 3. The molecular formula is C13H15F2N3. The Balaban J connectivity index is 2.50. The van der Waals surface area contributed by atoms with Gasteiger partial charge in [-0.2, -0.15) is 5.10 Å². The summed E-state index contributed by atoms with van der Waals surface area (Å²) >= 11 is 0. The molecule has 1 heterocycles. The molecule has 2 aromatic rings. The van der Waals surface area contributed by atoms with E-state index in [4.69, 9.17) is 0 Å². The largest absolute Gasteiger partial charge is 0.316 e. The van der Waals surface area contributed by atoms with Crippen LogP contribution >= 0.6 is 0 Å². The van der Waals surface area contributed by atoms with Gasteiger partial charge in [0.1, 0.15) is 0 Å². The molecular weight excluding hydrogens is 236 g/mol. The van der Waals surface area contributed by atoms with Gasteiger partial charge in [-0.3, -0.25) is 0 Å². The predicted molar refractivity (Wildman–Crippen MR) is 65.7 cm³/mol. The second kappa shape index (κ2) is 4.86. The van der Waals surface area contributed by atoms with Gasteiger partial charge in [-0.15, -0.1) is 0 Å². The van der Waals surface area contributed by atoms with Crippen LogP contribution in [0.2, 0.25) is 0 Å². The van der Waals surface area contributed by atoms with Crippen LogP contribution in [-0.2, 0) is 6.54 Å². The predicted octanol–water partition coefficient (Wildman–Crippen LogP) is 2.49. The van der Waals surface area contributed by atoms with Gasteiger partial charge < -0.3 is 5.32 Å². The van der Waals surface area contributed by atoms with Crippen LogP contribution in [0.3, 0.4) is 0 Å². The Morgan fingerprint density at radius 2 is 1.94 bits per heavy atom. The highest BCUT2D eigenvalue weighted by Crippen LogP contribution is 2.19. The molecule has 0 saturated heterocycles. The van der Waals surface area contributed by atoms with Crippen LogP contribution in [0, 0.1) is 25.5 Å². The molecule has 0 unspecified atom stereocenters. The summed E-state index contributed by atoms with van der Waals surface area (Å²) < 4.78 is 27.8. The van der Waals surface area contributed by atoms with Gasteiger partial charge >= 0.3 is 0 Å². The molecule has 0 aliphatic carbocycles. The van der Waals surface area contributed by atoms with E-state index in [-0.39, 0.29) is 0 Å². The number of hydrogen-bond acceptors (Lipinski definition) is 2. The van der Waals surface area contributed by atoms with Gasteiger partial charge in [-0.1, -0.05) is 0 Å². The van der Waals surface area contributed by atoms with Gasteiger partial charge in [0.15, 0.2) is 11.6 Å². The van der Waals surface area contributed by atoms with Crippen molar-refractivity contribution in [2.24, 2.45) is 0 Å². The second-order valence-electron chi connectivity index (χ2n) is 4.19. The minimum absolute atomic E-state index is 0.525. The maximum Gasteiger partial charge on any atom is 0.160 e. The second-order valence-corrected chi connectivity index (χ2v) is 4.19. The lowest BCUT2D eigenvalue weighted by molar-refractivity contribution is 0.507. The number of nitrogens with one attached hydrogen (secondary N) is 1. The molecule has 0 spiro atoms. The molecule has 0 bridgehead atoms. The third kappa shape index (κ3) is 2.13. The zero-order valence-corrected chi connectivity index (χ0v) is 10.6. The topological polar surface area (TPSA) is 29.9 Å². The molecule has 0 radical (unpaired) electrons. The number of aromatic nitrogens is 2. The van der Waals surface area contributed by atoms with Crippen LogP contribution in [0.25, 0.3) is 5.69 Å². The molecule has 0 fully saturated rings. The molecule has 0 aliphatic rings. The zero-order valence-electron chi connectivity index (χ0n) is 10.6. The molecule has 18 heavy (non-hydrogen) atoms. The summed E-state index contributed by atoms with van der Waals surface area (Å²) in [6, 6.07) is 3.78. The van der Waals surface area contributed by atoms with Crippen LogP contribution < -0.4 is 5.32 Å². The van der Waals surface area contributed by atoms with Crippen molar-refractivity contribution in [1.29, 1.82) is 0 Å². The standard InChI is InChI=1S/C13H15F2N3/c1-8-11(7-16-3)9(2)18(17-8)10-4-5-12(14)13(15)6-10/h4-6,16H,7H2,1-3H3. The van der Waals surface area contributed by atoms with Crippen LogP contribution in [0.1, 0.15) is 17.0 Å². The first kappa shape index (κ1) is 12.7. The Morgan fingerprint density at radius 1 is 1.22 bits per heavy atom. The van der Waals surface area contributed by atoms with Crippen molar-refractivity contribution >= 4 is 0 Å². The lowest BCUT2D eigenvalue weighted by atomic mass is 10.2. The first-order valence-corrected chi connectivity index (χ1v) is 5.69. The Hall–Kier alpha value is -1.75. The van der Waals surface area contributed by atoms with Crippen molar-refractivity contribution in [2.75, 3.05) is 7.05 Å². The molecule has 3 nitrogen and oxygen atoms in total. The monoisotopic (exact) mass is 251 g/mol. The Morgan fingerprint density at radius 3 is 2.56 bits per heavy atom. The van der Waals surface area contributed by atoms with Gasteiger partial charge in [0.05, 0.1) is 11.4 Å². The van der Waals surface area contributed by atoms with E-state index < -0.39 is 11.6 Å². The first-order valence-electron chi connectivity index (χ1n) is 5.69. The van der Waals surface area contributed by atoms with Gasteiger partial charge in [0.25, 0.3) is 0 Å². The summed E-state index contributed by atoms with van der Waals surface area (Å²) in [6.07, 6.45) is 0. The lowest BCUT2D eigenvalue weighted by Gasteiger charge is -2.06. The molecule has 5 heteroatoms. The molecule has 0 atom stereocenters. The van der Waals surface area contributed by atoms with Crippen LogP contribution in [-0.4, -0.2) is 16.8 Å². The maximum atomic E-state index is 13.2. The molecule has 1 aromatic carbocycles. The van der Waals surface area contributed by atoms with Crippen LogP contribution in [0.5, 0.6) is 0 Å². The molecule has 1 aromatic heterocycles. The van der Waals surface area contributed by atoms with Crippen molar-refractivity contribution in [1.82, 2.24) is 15.1 Å². The molecule has 96 valence electrons. The summed E-state index contributed by atoms with van der Waals surface area (Å²) in [5, 5.41) is 7.42. The summed E-state index contributed by atoms with van der Waals surface area (Å²) in [5.41, 5.74) is 3.40. The van der Waals surface area contributed by atoms with E-state index in [1.807, 2.05) is 20.9 Å². The summed E-state index contributed by atoms with van der Waals surface area (Å²) in [7, 11) is 1.85. The van der Waals surface area contributed by atoms with Crippen LogP contribution in [0.4, 0.5) is 8.78 Å². The fourth-order valence-corrected chi connectivity index (χ4v) is 1.98. The van der Waals surface area contributed by atoms with Crippen molar-refractivity contribution in [2.45, 2.75) is 20.4 Å². The summed E-state index contributed by atoms with van der Waals surface area (Å²) in [5.74, 6) is -1.72. The third-order valence-corrected chi connectivity index (χ3v) is 2.94. The molecule has 0 saturated carbocycles. The number of hydrogen-bond donors (Lipinski definition) is 1. The fraction of sp³-hybridized carbons (Fsp3) is 0.308. The summed E-state index contributed by atoms with van der Waals surface area (Å²) in [6.45, 7) is 4.51. The third-order valence-electron chi connectivity index (χ3n) is 2.94. The minimum atomic E-state index is -0.866. The smallest absolute Gasteiger partial charge is 0.160 e. The van der Waals surface area contributed by atoms with Gasteiger partial charge in [0.2, 0.25) is 0 Å². The van der Waals surface area contributed by atoms with E-state index in [1.165, 1.54) is 6.07 Å². The Bertz CT molecular complexity index is 576. The molecule has 1 N–H and O–H groups in total. The van der Waals surface area contributed by atoms with E-state index in [0.717, 1.165) is 29.1 Å². The zero-order chi connectivity index (χ0) is 13.3. The highest BCUT2D eigenvalue weighted by molar-refractivity contribution is 5.37. The van der Waals surface area contributed by atoms with Crippen molar-refractivity contribution in [3.8, 4) is 5.69 Å². The molecule has 0 aliphatic heterocycles. The number of benzene rings is 1. The maximum absolute atomic E-state index is 13.2. The molecule has 0 amide bonds. The average molecular weight is 251 g/mol. The number of aryl methyl sites for hydroxylation is 1. The number of halogens is 2. The molecule has 2 rings (SSSR count). The van der Waals surface area contributed by atoms with Gasteiger partial charge in [0, 0.05) is 23.9 Å². The van der Waals surface area contributed by atoms with E-state index in [9.17, 15) is 8.78 Å². The van der Waals surface area contributed by atoms with Crippen molar-refractivity contribution in [3.05, 3.63) is 46.8 Å². The van der Waals surface area contributed by atoms with E-state index in [0.29, 0.717) is 12.2 Å². The van der Waals surface area contributed by atoms with Crippen molar-refractivity contribution in [3.63, 3.8) is 0 Å². The Labute approximate surface area is 104 Å². The minimum Gasteiger partial charge on any atom is -0.316 e. The van der Waals surface area contributed by atoms with Crippen LogP contribution in [0.15, 0.2) is 18.2 Å². The Kier molecular flexibility index (Phi) is 3.43. The summed E-state index contributed by atoms with van der Waals surface area (Å²) in [4.78, 5) is 0. The van der Waals surface area contributed by atoms with Gasteiger partial charge in [-0.25, -0.2) is 13.5 Å². The highest BCUT2D eigenvalue weighted by atomic mass is 19.2. The van der Waals surface area contributed by atoms with Crippen molar-refractivity contribution < 1.29 is 8.78 Å². The number of nitrogens with zero attached hydrogens (tertiary/aromatic N) is 2. The highest BCUT2D eigenvalue weighted by Gasteiger charge is 2.13.